The van der Waals surface area contributed by atoms with Gasteiger partial charge in [-0.05, 0) is 36.9 Å². The van der Waals surface area contributed by atoms with Crippen LogP contribution in [0, 0.1) is 0 Å². The van der Waals surface area contributed by atoms with E-state index in [0.717, 1.165) is 48.9 Å². The molecular weight excluding hydrogens is 380 g/mol. The molecule has 2 heterocycles. The Hall–Kier alpha value is -3.03. The molecule has 0 radical (unpaired) electrons. The number of nitrogens with zero attached hydrogens (tertiary/aromatic N) is 3. The molecule has 2 aromatic carbocycles. The van der Waals surface area contributed by atoms with Crippen LogP contribution in [-0.4, -0.2) is 72.2 Å². The fraction of sp³-hybridized carbons (Fsp3) is 0.348. The topological polar surface area (TPSA) is 73.0 Å². The number of fused-ring (bicyclic) bond motifs is 1. The van der Waals surface area contributed by atoms with E-state index in [1.807, 2.05) is 18.2 Å². The molecule has 0 aromatic heterocycles. The summed E-state index contributed by atoms with van der Waals surface area (Å²) in [6, 6.07) is 14.6. The van der Waals surface area contributed by atoms with Crippen molar-refractivity contribution >= 4 is 23.4 Å². The predicted octanol–water partition coefficient (Wildman–Crippen LogP) is 2.06. The normalized spacial score (nSPS) is 17.3. The molecule has 1 fully saturated rings. The lowest BCUT2D eigenvalue weighted by atomic mass is 10.1. The second-order valence-electron chi connectivity index (χ2n) is 7.89. The van der Waals surface area contributed by atoms with Crippen molar-refractivity contribution < 1.29 is 14.4 Å². The van der Waals surface area contributed by atoms with Gasteiger partial charge in [0.1, 0.15) is 0 Å². The second-order valence-corrected chi connectivity index (χ2v) is 7.89. The Balaban J connectivity index is 1.30. The first-order chi connectivity index (χ1) is 14.5. The van der Waals surface area contributed by atoms with Gasteiger partial charge in [-0.15, -0.1) is 0 Å². The number of hydrogen-bond donors (Lipinski definition) is 1. The number of benzene rings is 2. The molecule has 0 unspecified atom stereocenters. The van der Waals surface area contributed by atoms with Crippen molar-refractivity contribution in [3.05, 3.63) is 65.2 Å². The first-order valence-electron chi connectivity index (χ1n) is 10.3. The van der Waals surface area contributed by atoms with Gasteiger partial charge in [0.25, 0.3) is 11.8 Å². The van der Waals surface area contributed by atoms with Crippen molar-refractivity contribution in [2.45, 2.75) is 13.0 Å². The van der Waals surface area contributed by atoms with Crippen LogP contribution in [0.2, 0.25) is 0 Å². The largest absolute Gasteiger partial charge is 0.326 e. The molecule has 0 aliphatic carbocycles. The molecule has 3 amide bonds. The van der Waals surface area contributed by atoms with Crippen LogP contribution >= 0.6 is 0 Å². The van der Waals surface area contributed by atoms with Crippen LogP contribution in [0.25, 0.3) is 0 Å². The van der Waals surface area contributed by atoms with E-state index in [0.29, 0.717) is 11.1 Å². The zero-order valence-electron chi connectivity index (χ0n) is 17.1. The average Bonchev–Trinajstić information content (AvgIpc) is 2.99. The van der Waals surface area contributed by atoms with Crippen molar-refractivity contribution in [3.63, 3.8) is 0 Å². The number of likely N-dealkylation sites (N-methyl/N-ethyl adjacent to an activating group) is 1. The molecule has 0 saturated carbocycles. The maximum Gasteiger partial charge on any atom is 0.261 e. The SMILES string of the molecule is CN1CCN(Cc2cccc(NC(=O)CCN3C(=O)c4ccccc4C3=O)c2)CC1. The van der Waals surface area contributed by atoms with Gasteiger partial charge in [0.2, 0.25) is 5.91 Å². The second kappa shape index (κ2) is 8.77. The lowest BCUT2D eigenvalue weighted by Crippen LogP contribution is -2.43. The van der Waals surface area contributed by atoms with Gasteiger partial charge in [-0.3, -0.25) is 24.2 Å². The predicted molar refractivity (Wildman–Crippen MR) is 114 cm³/mol. The quantitative estimate of drug-likeness (QED) is 0.744. The highest BCUT2D eigenvalue weighted by atomic mass is 16.2. The fourth-order valence-electron chi connectivity index (χ4n) is 3.89. The molecule has 1 saturated heterocycles. The van der Waals surface area contributed by atoms with E-state index in [1.54, 1.807) is 24.3 Å². The van der Waals surface area contributed by atoms with Crippen molar-refractivity contribution in [3.8, 4) is 0 Å². The van der Waals surface area contributed by atoms with Crippen molar-refractivity contribution in [2.24, 2.45) is 0 Å². The van der Waals surface area contributed by atoms with Crippen molar-refractivity contribution in [2.75, 3.05) is 45.1 Å². The van der Waals surface area contributed by atoms with Crippen LogP contribution in [-0.2, 0) is 11.3 Å². The molecule has 156 valence electrons. The van der Waals surface area contributed by atoms with Crippen LogP contribution < -0.4 is 5.32 Å². The van der Waals surface area contributed by atoms with Gasteiger partial charge >= 0.3 is 0 Å². The Bertz CT molecular complexity index is 931. The number of carbonyl (C=O) groups excluding carboxylic acids is 3. The monoisotopic (exact) mass is 406 g/mol. The van der Waals surface area contributed by atoms with Gasteiger partial charge in [0.15, 0.2) is 0 Å². The Morgan fingerprint density at radius 1 is 0.933 bits per heavy atom. The molecular formula is C23H26N4O3. The zero-order chi connectivity index (χ0) is 21.1. The average molecular weight is 406 g/mol. The number of nitrogens with one attached hydrogen (secondary N) is 1. The number of carbonyl (C=O) groups is 3. The molecule has 7 heteroatoms. The third-order valence-electron chi connectivity index (χ3n) is 5.65. The molecule has 2 aliphatic rings. The van der Waals surface area contributed by atoms with E-state index in [2.05, 4.69) is 28.2 Å². The Morgan fingerprint density at radius 2 is 1.60 bits per heavy atom. The van der Waals surface area contributed by atoms with Gasteiger partial charge in [0.05, 0.1) is 11.1 Å². The summed E-state index contributed by atoms with van der Waals surface area (Å²) >= 11 is 0. The van der Waals surface area contributed by atoms with Crippen LogP contribution in [0.4, 0.5) is 5.69 Å². The van der Waals surface area contributed by atoms with Crippen molar-refractivity contribution in [1.29, 1.82) is 0 Å². The van der Waals surface area contributed by atoms with Gasteiger partial charge in [-0.1, -0.05) is 24.3 Å². The minimum atomic E-state index is -0.336. The third kappa shape index (κ3) is 4.42. The number of amides is 3. The lowest BCUT2D eigenvalue weighted by molar-refractivity contribution is -0.116. The van der Waals surface area contributed by atoms with Crippen LogP contribution in [0.3, 0.4) is 0 Å². The summed E-state index contributed by atoms with van der Waals surface area (Å²) < 4.78 is 0. The zero-order valence-corrected chi connectivity index (χ0v) is 17.1. The molecule has 0 spiro atoms. The number of piperazine rings is 1. The number of anilines is 1. The highest BCUT2D eigenvalue weighted by Gasteiger charge is 2.34. The standard InChI is InChI=1S/C23H26N4O3/c1-25-11-13-26(14-12-25)16-17-5-4-6-18(15-17)24-21(28)9-10-27-22(29)19-7-2-3-8-20(19)23(27)30/h2-8,15H,9-14,16H2,1H3,(H,24,28). The minimum Gasteiger partial charge on any atom is -0.326 e. The van der Waals surface area contributed by atoms with E-state index >= 15 is 0 Å². The highest BCUT2D eigenvalue weighted by molar-refractivity contribution is 6.21. The summed E-state index contributed by atoms with van der Waals surface area (Å²) in [5.74, 6) is -0.890. The van der Waals surface area contributed by atoms with E-state index in [1.165, 1.54) is 0 Å². The van der Waals surface area contributed by atoms with Crippen molar-refractivity contribution in [1.82, 2.24) is 14.7 Å². The van der Waals surface area contributed by atoms with Gasteiger partial charge in [0, 0.05) is 51.4 Å². The Kier molecular flexibility index (Phi) is 5.92. The third-order valence-corrected chi connectivity index (χ3v) is 5.65. The van der Waals surface area contributed by atoms with Gasteiger partial charge in [-0.2, -0.15) is 0 Å². The first kappa shape index (κ1) is 20.3. The molecule has 1 N–H and O–H groups in total. The van der Waals surface area contributed by atoms with E-state index < -0.39 is 0 Å². The van der Waals surface area contributed by atoms with E-state index in [4.69, 9.17) is 0 Å². The molecule has 0 atom stereocenters. The van der Waals surface area contributed by atoms with Crippen LogP contribution in [0.15, 0.2) is 48.5 Å². The molecule has 30 heavy (non-hydrogen) atoms. The number of imide groups is 1. The number of hydrogen-bond acceptors (Lipinski definition) is 5. The maximum absolute atomic E-state index is 12.4. The summed E-state index contributed by atoms with van der Waals surface area (Å²) in [6.07, 6.45) is 0.0636. The molecule has 2 aromatic rings. The molecule has 2 aliphatic heterocycles. The van der Waals surface area contributed by atoms with Gasteiger partial charge in [-0.25, -0.2) is 0 Å². The van der Waals surface area contributed by atoms with Crippen LogP contribution in [0.5, 0.6) is 0 Å². The summed E-state index contributed by atoms with van der Waals surface area (Å²) in [5, 5.41) is 2.89. The first-order valence-corrected chi connectivity index (χ1v) is 10.3. The fourth-order valence-corrected chi connectivity index (χ4v) is 3.89. The summed E-state index contributed by atoms with van der Waals surface area (Å²) in [6.45, 7) is 5.12. The maximum atomic E-state index is 12.4. The summed E-state index contributed by atoms with van der Waals surface area (Å²) in [4.78, 5) is 43.1. The van der Waals surface area contributed by atoms with E-state index in [9.17, 15) is 14.4 Å². The van der Waals surface area contributed by atoms with E-state index in [-0.39, 0.29) is 30.7 Å². The summed E-state index contributed by atoms with van der Waals surface area (Å²) in [7, 11) is 2.13. The van der Waals surface area contributed by atoms with Crippen LogP contribution in [0.1, 0.15) is 32.7 Å². The Labute approximate surface area is 176 Å². The molecule has 4 rings (SSSR count). The number of rotatable bonds is 6. The molecule has 0 bridgehead atoms. The molecule has 7 nitrogen and oxygen atoms in total. The minimum absolute atomic E-state index is 0.0636. The Morgan fingerprint density at radius 3 is 2.27 bits per heavy atom. The summed E-state index contributed by atoms with van der Waals surface area (Å²) in [5.41, 5.74) is 2.69. The smallest absolute Gasteiger partial charge is 0.261 e. The lowest BCUT2D eigenvalue weighted by Gasteiger charge is -2.32. The van der Waals surface area contributed by atoms with Gasteiger partial charge < -0.3 is 10.2 Å². The highest BCUT2D eigenvalue weighted by Crippen LogP contribution is 2.22.